The smallest absolute Gasteiger partial charge is 0.122 e. The highest BCUT2D eigenvalue weighted by Gasteiger charge is 1.96. The maximum Gasteiger partial charge on any atom is 0.122 e. The molecule has 1 rings (SSSR count). The first kappa shape index (κ1) is 12.8. The maximum absolute atomic E-state index is 5.62. The number of methoxy groups -OCH3 is 1. The van der Waals surface area contributed by atoms with Gasteiger partial charge in [-0.25, -0.2) is 0 Å². The Balaban J connectivity index is 2.16. The lowest BCUT2D eigenvalue weighted by molar-refractivity contribution is 0.303. The van der Waals surface area contributed by atoms with Crippen molar-refractivity contribution in [2.75, 3.05) is 26.8 Å². The summed E-state index contributed by atoms with van der Waals surface area (Å²) in [6.45, 7) is 4.99. The van der Waals surface area contributed by atoms with E-state index in [1.54, 1.807) is 7.11 Å². The molecule has 0 aromatic heterocycles. The van der Waals surface area contributed by atoms with Gasteiger partial charge in [0.1, 0.15) is 11.5 Å². The van der Waals surface area contributed by atoms with Gasteiger partial charge in [-0.3, -0.25) is 0 Å². The van der Waals surface area contributed by atoms with Gasteiger partial charge in [-0.1, -0.05) is 13.0 Å². The van der Waals surface area contributed by atoms with Gasteiger partial charge in [0, 0.05) is 6.07 Å². The number of hydrogen-bond donors (Lipinski definition) is 1. The number of unbranched alkanes of at least 4 members (excludes halogenated alkanes) is 1. The Kier molecular flexibility index (Phi) is 6.42. The molecular weight excluding hydrogens is 202 g/mol. The molecule has 3 nitrogen and oxygen atoms in total. The second-order valence-corrected chi connectivity index (χ2v) is 3.59. The van der Waals surface area contributed by atoms with Gasteiger partial charge in [0.05, 0.1) is 13.7 Å². The zero-order valence-corrected chi connectivity index (χ0v) is 10.2. The molecule has 1 N–H and O–H groups in total. The normalized spacial score (nSPS) is 10.1. The van der Waals surface area contributed by atoms with Crippen LogP contribution in [-0.4, -0.2) is 26.8 Å². The summed E-state index contributed by atoms with van der Waals surface area (Å²) in [6, 6.07) is 7.71. The largest absolute Gasteiger partial charge is 0.497 e. The summed E-state index contributed by atoms with van der Waals surface area (Å²) in [5, 5.41) is 3.29. The second kappa shape index (κ2) is 7.99. The van der Waals surface area contributed by atoms with Gasteiger partial charge in [-0.2, -0.15) is 0 Å². The van der Waals surface area contributed by atoms with Crippen molar-refractivity contribution < 1.29 is 9.47 Å². The van der Waals surface area contributed by atoms with Gasteiger partial charge in [0.15, 0.2) is 0 Å². The van der Waals surface area contributed by atoms with E-state index in [0.29, 0.717) is 0 Å². The van der Waals surface area contributed by atoms with E-state index < -0.39 is 0 Å². The van der Waals surface area contributed by atoms with E-state index in [-0.39, 0.29) is 0 Å². The summed E-state index contributed by atoms with van der Waals surface area (Å²) in [5.41, 5.74) is 0. The van der Waals surface area contributed by atoms with Crippen molar-refractivity contribution in [3.63, 3.8) is 0 Å². The van der Waals surface area contributed by atoms with Gasteiger partial charge in [-0.05, 0) is 38.1 Å². The van der Waals surface area contributed by atoms with E-state index in [1.807, 2.05) is 24.3 Å². The van der Waals surface area contributed by atoms with Crippen molar-refractivity contribution in [1.82, 2.24) is 5.32 Å². The van der Waals surface area contributed by atoms with E-state index in [1.165, 1.54) is 0 Å². The van der Waals surface area contributed by atoms with Crippen LogP contribution in [0.2, 0.25) is 0 Å². The molecule has 16 heavy (non-hydrogen) atoms. The lowest BCUT2D eigenvalue weighted by Crippen LogP contribution is -2.14. The van der Waals surface area contributed by atoms with Crippen molar-refractivity contribution in [3.05, 3.63) is 24.3 Å². The fraction of sp³-hybridized carbons (Fsp3) is 0.538. The monoisotopic (exact) mass is 223 g/mol. The van der Waals surface area contributed by atoms with Crippen LogP contribution in [0.25, 0.3) is 0 Å². The third kappa shape index (κ3) is 5.03. The summed E-state index contributed by atoms with van der Waals surface area (Å²) in [6.07, 6.45) is 2.22. The van der Waals surface area contributed by atoms with Crippen molar-refractivity contribution in [1.29, 1.82) is 0 Å². The Morgan fingerprint density at radius 3 is 2.75 bits per heavy atom. The molecule has 3 heteroatoms. The summed E-state index contributed by atoms with van der Waals surface area (Å²) < 4.78 is 10.7. The first-order valence-electron chi connectivity index (χ1n) is 5.84. The van der Waals surface area contributed by atoms with E-state index in [0.717, 1.165) is 44.0 Å². The molecule has 0 fully saturated rings. The Hall–Kier alpha value is -1.22. The van der Waals surface area contributed by atoms with Crippen LogP contribution in [-0.2, 0) is 0 Å². The maximum atomic E-state index is 5.62. The zero-order chi connectivity index (χ0) is 11.6. The van der Waals surface area contributed by atoms with Crippen LogP contribution < -0.4 is 14.8 Å². The predicted octanol–water partition coefficient (Wildman–Crippen LogP) is 2.46. The standard InChI is InChI=1S/C13H21NO2/c1-3-14-9-4-5-10-16-13-8-6-7-12(11-13)15-2/h6-8,11,14H,3-5,9-10H2,1-2H3. The molecule has 0 spiro atoms. The molecule has 90 valence electrons. The Morgan fingerprint density at radius 2 is 2.00 bits per heavy atom. The van der Waals surface area contributed by atoms with E-state index in [2.05, 4.69) is 12.2 Å². The minimum atomic E-state index is 0.762. The molecule has 0 heterocycles. The van der Waals surface area contributed by atoms with Crippen molar-refractivity contribution in [3.8, 4) is 11.5 Å². The number of rotatable bonds is 8. The van der Waals surface area contributed by atoms with Gasteiger partial charge < -0.3 is 14.8 Å². The molecule has 0 saturated carbocycles. The van der Waals surface area contributed by atoms with Crippen LogP contribution in [0.3, 0.4) is 0 Å². The average Bonchev–Trinajstić information content (AvgIpc) is 2.34. The zero-order valence-electron chi connectivity index (χ0n) is 10.2. The minimum absolute atomic E-state index is 0.762. The van der Waals surface area contributed by atoms with Crippen molar-refractivity contribution >= 4 is 0 Å². The van der Waals surface area contributed by atoms with Crippen LogP contribution in [0.1, 0.15) is 19.8 Å². The minimum Gasteiger partial charge on any atom is -0.497 e. The first-order chi connectivity index (χ1) is 7.86. The third-order valence-corrected chi connectivity index (χ3v) is 2.31. The van der Waals surface area contributed by atoms with Crippen LogP contribution in [0.15, 0.2) is 24.3 Å². The second-order valence-electron chi connectivity index (χ2n) is 3.59. The SMILES string of the molecule is CCNCCCCOc1cccc(OC)c1. The van der Waals surface area contributed by atoms with Gasteiger partial charge >= 0.3 is 0 Å². The summed E-state index contributed by atoms with van der Waals surface area (Å²) in [5.74, 6) is 1.72. The molecule has 0 atom stereocenters. The van der Waals surface area contributed by atoms with Crippen LogP contribution in [0, 0.1) is 0 Å². The molecular formula is C13H21NO2. The first-order valence-corrected chi connectivity index (χ1v) is 5.84. The number of hydrogen-bond acceptors (Lipinski definition) is 3. The van der Waals surface area contributed by atoms with Crippen LogP contribution in [0.5, 0.6) is 11.5 Å². The topological polar surface area (TPSA) is 30.5 Å². The molecule has 0 aliphatic rings. The molecule has 0 amide bonds. The van der Waals surface area contributed by atoms with Gasteiger partial charge in [-0.15, -0.1) is 0 Å². The Labute approximate surface area is 97.8 Å². The van der Waals surface area contributed by atoms with E-state index >= 15 is 0 Å². The summed E-state index contributed by atoms with van der Waals surface area (Å²) >= 11 is 0. The summed E-state index contributed by atoms with van der Waals surface area (Å²) in [7, 11) is 1.66. The predicted molar refractivity (Wildman–Crippen MR) is 66.3 cm³/mol. The van der Waals surface area contributed by atoms with E-state index in [9.17, 15) is 0 Å². The number of ether oxygens (including phenoxy) is 2. The van der Waals surface area contributed by atoms with Gasteiger partial charge in [0.2, 0.25) is 0 Å². The Morgan fingerprint density at radius 1 is 1.19 bits per heavy atom. The molecule has 0 saturated heterocycles. The Bertz CT molecular complexity index is 289. The van der Waals surface area contributed by atoms with Crippen molar-refractivity contribution in [2.45, 2.75) is 19.8 Å². The van der Waals surface area contributed by atoms with E-state index in [4.69, 9.17) is 9.47 Å². The molecule has 1 aromatic rings. The van der Waals surface area contributed by atoms with Gasteiger partial charge in [0.25, 0.3) is 0 Å². The highest BCUT2D eigenvalue weighted by atomic mass is 16.5. The fourth-order valence-electron chi connectivity index (χ4n) is 1.41. The highest BCUT2D eigenvalue weighted by Crippen LogP contribution is 2.18. The molecule has 1 aromatic carbocycles. The third-order valence-electron chi connectivity index (χ3n) is 2.31. The number of nitrogens with one attached hydrogen (secondary N) is 1. The highest BCUT2D eigenvalue weighted by molar-refractivity contribution is 5.32. The molecule has 0 aliphatic carbocycles. The summed E-state index contributed by atoms with van der Waals surface area (Å²) in [4.78, 5) is 0. The molecule has 0 unspecified atom stereocenters. The molecule has 0 radical (unpaired) electrons. The van der Waals surface area contributed by atoms with Crippen LogP contribution in [0.4, 0.5) is 0 Å². The van der Waals surface area contributed by atoms with Crippen molar-refractivity contribution in [2.24, 2.45) is 0 Å². The molecule has 0 aliphatic heterocycles. The quantitative estimate of drug-likeness (QED) is 0.687. The number of benzene rings is 1. The average molecular weight is 223 g/mol. The lowest BCUT2D eigenvalue weighted by Gasteiger charge is -2.07. The molecule has 0 bridgehead atoms. The van der Waals surface area contributed by atoms with Crippen LogP contribution >= 0.6 is 0 Å². The lowest BCUT2D eigenvalue weighted by atomic mass is 10.3. The fourth-order valence-corrected chi connectivity index (χ4v) is 1.41.